The summed E-state index contributed by atoms with van der Waals surface area (Å²) in [5, 5.41) is 9.87. The second-order valence-electron chi connectivity index (χ2n) is 5.73. The Balaban J connectivity index is 2.00. The highest BCUT2D eigenvalue weighted by molar-refractivity contribution is 7.16. The Hall–Kier alpha value is -0.0900. The van der Waals surface area contributed by atoms with Crippen LogP contribution in [-0.2, 0) is 6.54 Å². The second kappa shape index (κ2) is 5.27. The van der Waals surface area contributed by atoms with E-state index >= 15 is 0 Å². The van der Waals surface area contributed by atoms with Crippen LogP contribution in [0.1, 0.15) is 31.6 Å². The van der Waals surface area contributed by atoms with Crippen LogP contribution in [0.15, 0.2) is 12.1 Å². The van der Waals surface area contributed by atoms with Crippen LogP contribution >= 0.6 is 22.9 Å². The molecule has 1 aliphatic heterocycles. The molecule has 1 atom stereocenters. The monoisotopic (exact) mass is 273 g/mol. The molecule has 0 saturated carbocycles. The van der Waals surface area contributed by atoms with Gasteiger partial charge in [0.15, 0.2) is 0 Å². The number of aliphatic hydroxyl groups excluding tert-OH is 1. The molecule has 4 heteroatoms. The molecule has 1 saturated heterocycles. The van der Waals surface area contributed by atoms with Gasteiger partial charge in [-0.3, -0.25) is 4.90 Å². The summed E-state index contributed by atoms with van der Waals surface area (Å²) in [5.74, 6) is 0. The van der Waals surface area contributed by atoms with Crippen molar-refractivity contribution in [3.05, 3.63) is 21.3 Å². The number of hydrogen-bond donors (Lipinski definition) is 1. The predicted octanol–water partition coefficient (Wildman–Crippen LogP) is 3.38. The predicted molar refractivity (Wildman–Crippen MR) is 73.6 cm³/mol. The van der Waals surface area contributed by atoms with Crippen LogP contribution in [0, 0.1) is 5.41 Å². The Morgan fingerprint density at radius 3 is 2.94 bits per heavy atom. The lowest BCUT2D eigenvalue weighted by Crippen LogP contribution is -2.32. The van der Waals surface area contributed by atoms with E-state index in [4.69, 9.17) is 11.6 Å². The summed E-state index contributed by atoms with van der Waals surface area (Å²) in [6.45, 7) is 7.43. The van der Waals surface area contributed by atoms with E-state index in [1.54, 1.807) is 11.3 Å². The van der Waals surface area contributed by atoms with Gasteiger partial charge in [-0.1, -0.05) is 25.4 Å². The lowest BCUT2D eigenvalue weighted by Gasteiger charge is -2.29. The highest BCUT2D eigenvalue weighted by atomic mass is 35.5. The smallest absolute Gasteiger partial charge is 0.0931 e. The van der Waals surface area contributed by atoms with Gasteiger partial charge in [0, 0.05) is 24.5 Å². The normalized spacial score (nSPS) is 25.8. The third-order valence-corrected chi connectivity index (χ3v) is 4.44. The zero-order chi connectivity index (χ0) is 12.5. The van der Waals surface area contributed by atoms with Crippen molar-refractivity contribution < 1.29 is 5.11 Å². The van der Waals surface area contributed by atoms with Crippen molar-refractivity contribution in [3.63, 3.8) is 0 Å². The van der Waals surface area contributed by atoms with Crippen molar-refractivity contribution in [3.8, 4) is 0 Å². The van der Waals surface area contributed by atoms with Crippen LogP contribution < -0.4 is 0 Å². The molecule has 0 spiro atoms. The van der Waals surface area contributed by atoms with Gasteiger partial charge in [-0.15, -0.1) is 11.3 Å². The number of likely N-dealkylation sites (tertiary alicyclic amines) is 1. The molecule has 0 unspecified atom stereocenters. The highest BCUT2D eigenvalue weighted by Crippen LogP contribution is 2.30. The largest absolute Gasteiger partial charge is 0.393 e. The average molecular weight is 274 g/mol. The molecule has 1 aromatic heterocycles. The first-order valence-corrected chi connectivity index (χ1v) is 7.29. The van der Waals surface area contributed by atoms with Gasteiger partial charge < -0.3 is 5.11 Å². The molecule has 0 aliphatic carbocycles. The summed E-state index contributed by atoms with van der Waals surface area (Å²) in [7, 11) is 0. The van der Waals surface area contributed by atoms with E-state index in [2.05, 4.69) is 24.8 Å². The minimum Gasteiger partial charge on any atom is -0.393 e. The SMILES string of the molecule is CC1(C)C[C@H](O)CCN(Cc2ccc(Cl)s2)C1. The van der Waals surface area contributed by atoms with Gasteiger partial charge in [-0.2, -0.15) is 0 Å². The lowest BCUT2D eigenvalue weighted by molar-refractivity contribution is 0.121. The van der Waals surface area contributed by atoms with Gasteiger partial charge in [0.1, 0.15) is 0 Å². The first-order chi connectivity index (χ1) is 7.94. The lowest BCUT2D eigenvalue weighted by atomic mass is 9.87. The first kappa shape index (κ1) is 13.3. The molecule has 0 bridgehead atoms. The van der Waals surface area contributed by atoms with E-state index in [0.717, 1.165) is 36.8 Å². The second-order valence-corrected chi connectivity index (χ2v) is 7.53. The molecule has 1 N–H and O–H groups in total. The maximum Gasteiger partial charge on any atom is 0.0931 e. The van der Waals surface area contributed by atoms with E-state index in [0.29, 0.717) is 0 Å². The number of nitrogens with zero attached hydrogens (tertiary/aromatic N) is 1. The zero-order valence-corrected chi connectivity index (χ0v) is 12.0. The molecule has 2 rings (SSSR count). The van der Waals surface area contributed by atoms with E-state index in [9.17, 15) is 5.11 Å². The molecule has 2 nitrogen and oxygen atoms in total. The molecule has 0 radical (unpaired) electrons. The maximum atomic E-state index is 9.87. The van der Waals surface area contributed by atoms with Crippen molar-refractivity contribution in [1.29, 1.82) is 0 Å². The Bertz CT molecular complexity index is 377. The van der Waals surface area contributed by atoms with Crippen molar-refractivity contribution in [2.45, 2.75) is 39.3 Å². The quantitative estimate of drug-likeness (QED) is 0.893. The number of thiophene rings is 1. The molecular weight excluding hydrogens is 254 g/mol. The van der Waals surface area contributed by atoms with E-state index < -0.39 is 0 Å². The fourth-order valence-corrected chi connectivity index (χ4v) is 3.74. The summed E-state index contributed by atoms with van der Waals surface area (Å²) in [4.78, 5) is 3.74. The van der Waals surface area contributed by atoms with Gasteiger partial charge >= 0.3 is 0 Å². The fraction of sp³-hybridized carbons (Fsp3) is 0.692. The van der Waals surface area contributed by atoms with E-state index in [1.165, 1.54) is 4.88 Å². The summed E-state index contributed by atoms with van der Waals surface area (Å²) in [6.07, 6.45) is 1.62. The number of rotatable bonds is 2. The molecule has 96 valence electrons. The number of hydrogen-bond acceptors (Lipinski definition) is 3. The van der Waals surface area contributed by atoms with Gasteiger partial charge in [-0.05, 0) is 30.4 Å². The first-order valence-electron chi connectivity index (χ1n) is 6.09. The van der Waals surface area contributed by atoms with Gasteiger partial charge in [0.05, 0.1) is 10.4 Å². The number of aliphatic hydroxyl groups is 1. The Kier molecular flexibility index (Phi) is 4.14. The van der Waals surface area contributed by atoms with E-state index in [1.807, 2.05) is 6.07 Å². The van der Waals surface area contributed by atoms with Gasteiger partial charge in [0.25, 0.3) is 0 Å². The Labute approximate surface area is 112 Å². The van der Waals surface area contributed by atoms with Crippen LogP contribution in [-0.4, -0.2) is 29.2 Å². The molecule has 2 heterocycles. The van der Waals surface area contributed by atoms with Crippen LogP contribution in [0.3, 0.4) is 0 Å². The molecule has 1 aliphatic rings. The summed E-state index contributed by atoms with van der Waals surface area (Å²) in [5.41, 5.74) is 0.191. The van der Waals surface area contributed by atoms with Crippen molar-refractivity contribution in [2.75, 3.05) is 13.1 Å². The third-order valence-electron chi connectivity index (χ3n) is 3.23. The Morgan fingerprint density at radius 2 is 2.29 bits per heavy atom. The minimum absolute atomic E-state index is 0.151. The maximum absolute atomic E-state index is 9.87. The number of halogens is 1. The third kappa shape index (κ3) is 3.95. The van der Waals surface area contributed by atoms with Crippen LogP contribution in [0.4, 0.5) is 0 Å². The molecule has 1 aromatic rings. The van der Waals surface area contributed by atoms with Gasteiger partial charge in [0.2, 0.25) is 0 Å². The summed E-state index contributed by atoms with van der Waals surface area (Å²) >= 11 is 7.60. The van der Waals surface area contributed by atoms with Crippen LogP contribution in [0.25, 0.3) is 0 Å². The zero-order valence-electron chi connectivity index (χ0n) is 10.4. The molecular formula is C13H20ClNOS. The molecule has 17 heavy (non-hydrogen) atoms. The molecule has 0 amide bonds. The minimum atomic E-state index is -0.151. The van der Waals surface area contributed by atoms with Crippen molar-refractivity contribution in [2.24, 2.45) is 5.41 Å². The van der Waals surface area contributed by atoms with Crippen molar-refractivity contribution >= 4 is 22.9 Å². The average Bonchev–Trinajstić information content (AvgIpc) is 2.53. The summed E-state index contributed by atoms with van der Waals surface area (Å²) < 4.78 is 0.856. The molecule has 0 aromatic carbocycles. The standard InChI is InChI=1S/C13H20ClNOS/c1-13(2)7-10(16)5-6-15(9-13)8-11-3-4-12(14)17-11/h3-4,10,16H,5-9H2,1-2H3/t10-/m1/s1. The highest BCUT2D eigenvalue weighted by Gasteiger charge is 2.29. The van der Waals surface area contributed by atoms with Crippen LogP contribution in [0.2, 0.25) is 4.34 Å². The summed E-state index contributed by atoms with van der Waals surface area (Å²) in [6, 6.07) is 4.06. The van der Waals surface area contributed by atoms with Gasteiger partial charge in [-0.25, -0.2) is 0 Å². The molecule has 1 fully saturated rings. The van der Waals surface area contributed by atoms with E-state index in [-0.39, 0.29) is 11.5 Å². The Morgan fingerprint density at radius 1 is 1.53 bits per heavy atom. The van der Waals surface area contributed by atoms with Crippen molar-refractivity contribution in [1.82, 2.24) is 4.90 Å². The fourth-order valence-electron chi connectivity index (χ4n) is 2.61. The van der Waals surface area contributed by atoms with Crippen LogP contribution in [0.5, 0.6) is 0 Å². The topological polar surface area (TPSA) is 23.5 Å².